The predicted molar refractivity (Wildman–Crippen MR) is 75.8 cm³/mol. The minimum Gasteiger partial charge on any atom is -0.339 e. The number of rotatable bonds is 3. The molecule has 1 aliphatic heterocycles. The van der Waals surface area contributed by atoms with E-state index in [1.165, 1.54) is 12.1 Å². The average molecular weight is 288 g/mol. The third-order valence-corrected chi connectivity index (χ3v) is 3.73. The molecule has 2 atom stereocenters. The van der Waals surface area contributed by atoms with Crippen LogP contribution in [0.15, 0.2) is 28.8 Å². The Morgan fingerprint density at radius 1 is 1.48 bits per heavy atom. The lowest BCUT2D eigenvalue weighted by Gasteiger charge is -2.25. The van der Waals surface area contributed by atoms with Gasteiger partial charge in [0.05, 0.1) is 4.92 Å². The summed E-state index contributed by atoms with van der Waals surface area (Å²) >= 11 is 0. The minimum atomic E-state index is -0.432. The quantitative estimate of drug-likeness (QED) is 0.688. The van der Waals surface area contributed by atoms with Gasteiger partial charge in [0, 0.05) is 29.7 Å². The Labute approximate surface area is 121 Å². The highest BCUT2D eigenvalue weighted by Gasteiger charge is 2.25. The topological polar surface area (TPSA) is 94.1 Å². The van der Waals surface area contributed by atoms with E-state index in [9.17, 15) is 10.1 Å². The van der Waals surface area contributed by atoms with Gasteiger partial charge in [-0.05, 0) is 26.3 Å². The maximum Gasteiger partial charge on any atom is 0.270 e. The van der Waals surface area contributed by atoms with Crippen LogP contribution in [0, 0.1) is 10.1 Å². The fourth-order valence-electron chi connectivity index (χ4n) is 2.63. The van der Waals surface area contributed by atoms with E-state index >= 15 is 0 Å². The Morgan fingerprint density at radius 3 is 3.10 bits per heavy atom. The summed E-state index contributed by atoms with van der Waals surface area (Å²) in [6.07, 6.45) is 1.91. The number of nitrogens with zero attached hydrogens (tertiary/aromatic N) is 3. The summed E-state index contributed by atoms with van der Waals surface area (Å²) in [4.78, 5) is 14.8. The van der Waals surface area contributed by atoms with Gasteiger partial charge in [0.2, 0.25) is 11.7 Å². The molecule has 1 aromatic heterocycles. The molecule has 0 radical (unpaired) electrons. The molecule has 2 unspecified atom stereocenters. The number of non-ortho nitro benzene ring substituents is 1. The van der Waals surface area contributed by atoms with Crippen LogP contribution in [-0.2, 0) is 0 Å². The van der Waals surface area contributed by atoms with E-state index in [4.69, 9.17) is 4.52 Å². The molecule has 0 saturated carbocycles. The zero-order valence-corrected chi connectivity index (χ0v) is 11.7. The van der Waals surface area contributed by atoms with Gasteiger partial charge in [-0.3, -0.25) is 10.1 Å². The summed E-state index contributed by atoms with van der Waals surface area (Å²) in [5, 5.41) is 18.1. The summed E-state index contributed by atoms with van der Waals surface area (Å²) in [7, 11) is 0. The first-order valence-corrected chi connectivity index (χ1v) is 6.95. The Balaban J connectivity index is 1.84. The van der Waals surface area contributed by atoms with Crippen LogP contribution >= 0.6 is 0 Å². The summed E-state index contributed by atoms with van der Waals surface area (Å²) in [5.74, 6) is 1.27. The Hall–Kier alpha value is -2.28. The normalized spacial score (nSPS) is 22.1. The van der Waals surface area contributed by atoms with Gasteiger partial charge in [-0.25, -0.2) is 0 Å². The summed E-state index contributed by atoms with van der Waals surface area (Å²) in [6.45, 7) is 3.06. The summed E-state index contributed by atoms with van der Waals surface area (Å²) < 4.78 is 5.35. The molecule has 21 heavy (non-hydrogen) atoms. The molecule has 1 N–H and O–H groups in total. The summed E-state index contributed by atoms with van der Waals surface area (Å²) in [5.41, 5.74) is 0.621. The molecule has 0 aliphatic carbocycles. The third kappa shape index (κ3) is 2.92. The second-order valence-corrected chi connectivity index (χ2v) is 5.34. The standard InChI is InChI=1S/C14H16N4O3/c1-9-7-11(5-6-15-9)14-16-13(17-21-14)10-3-2-4-12(8-10)18(19)20/h2-4,8-9,11,15H,5-7H2,1H3. The fourth-order valence-corrected chi connectivity index (χ4v) is 2.63. The van der Waals surface area contributed by atoms with E-state index in [0.29, 0.717) is 23.3 Å². The Morgan fingerprint density at radius 2 is 2.33 bits per heavy atom. The molecule has 2 aromatic rings. The van der Waals surface area contributed by atoms with Crippen molar-refractivity contribution in [3.05, 3.63) is 40.3 Å². The van der Waals surface area contributed by atoms with Crippen molar-refractivity contribution in [2.45, 2.75) is 31.7 Å². The van der Waals surface area contributed by atoms with Gasteiger partial charge in [-0.1, -0.05) is 17.3 Å². The van der Waals surface area contributed by atoms with E-state index in [2.05, 4.69) is 22.4 Å². The molecule has 0 bridgehead atoms. The van der Waals surface area contributed by atoms with Gasteiger partial charge in [0.25, 0.3) is 5.69 Å². The SMILES string of the molecule is CC1CC(c2nc(-c3cccc([N+](=O)[O-])c3)no2)CCN1. The lowest BCUT2D eigenvalue weighted by Crippen LogP contribution is -2.34. The number of benzene rings is 1. The second kappa shape index (κ2) is 5.61. The molecular formula is C14H16N4O3. The predicted octanol–water partition coefficient (Wildman–Crippen LogP) is 2.50. The van der Waals surface area contributed by atoms with Crippen molar-refractivity contribution in [2.75, 3.05) is 6.54 Å². The molecular weight excluding hydrogens is 272 g/mol. The molecule has 2 heterocycles. The summed E-state index contributed by atoms with van der Waals surface area (Å²) in [6, 6.07) is 6.69. The monoisotopic (exact) mass is 288 g/mol. The number of hydrogen-bond acceptors (Lipinski definition) is 6. The smallest absolute Gasteiger partial charge is 0.270 e. The largest absolute Gasteiger partial charge is 0.339 e. The van der Waals surface area contributed by atoms with Crippen LogP contribution in [0.4, 0.5) is 5.69 Å². The van der Waals surface area contributed by atoms with Crippen LogP contribution < -0.4 is 5.32 Å². The molecule has 7 heteroatoms. The fraction of sp³-hybridized carbons (Fsp3) is 0.429. The van der Waals surface area contributed by atoms with Crippen molar-refractivity contribution in [3.63, 3.8) is 0 Å². The minimum absolute atomic E-state index is 0.0225. The molecule has 110 valence electrons. The van der Waals surface area contributed by atoms with Gasteiger partial charge in [0.15, 0.2) is 0 Å². The van der Waals surface area contributed by atoms with Crippen molar-refractivity contribution in [1.82, 2.24) is 15.5 Å². The number of piperidine rings is 1. The van der Waals surface area contributed by atoms with Crippen molar-refractivity contribution < 1.29 is 9.45 Å². The number of nitro benzene ring substituents is 1. The maximum absolute atomic E-state index is 10.8. The van der Waals surface area contributed by atoms with Gasteiger partial charge in [0.1, 0.15) is 0 Å². The zero-order chi connectivity index (χ0) is 14.8. The van der Waals surface area contributed by atoms with Gasteiger partial charge >= 0.3 is 0 Å². The number of hydrogen-bond donors (Lipinski definition) is 1. The van der Waals surface area contributed by atoms with Crippen LogP contribution in [0.3, 0.4) is 0 Å². The van der Waals surface area contributed by atoms with Crippen molar-refractivity contribution in [2.24, 2.45) is 0 Å². The van der Waals surface area contributed by atoms with Gasteiger partial charge in [-0.15, -0.1) is 0 Å². The Bertz CT molecular complexity index is 655. The van der Waals surface area contributed by atoms with Crippen molar-refractivity contribution >= 4 is 5.69 Å². The molecule has 0 amide bonds. The molecule has 1 fully saturated rings. The van der Waals surface area contributed by atoms with E-state index < -0.39 is 4.92 Å². The Kier molecular flexibility index (Phi) is 3.66. The van der Waals surface area contributed by atoms with E-state index in [1.54, 1.807) is 12.1 Å². The second-order valence-electron chi connectivity index (χ2n) is 5.34. The lowest BCUT2D eigenvalue weighted by molar-refractivity contribution is -0.384. The molecule has 1 aromatic carbocycles. The first kappa shape index (κ1) is 13.7. The maximum atomic E-state index is 10.8. The van der Waals surface area contributed by atoms with Crippen molar-refractivity contribution in [1.29, 1.82) is 0 Å². The first-order valence-electron chi connectivity index (χ1n) is 6.95. The number of aromatic nitrogens is 2. The van der Waals surface area contributed by atoms with Crippen LogP contribution in [0.1, 0.15) is 31.6 Å². The van der Waals surface area contributed by atoms with E-state index in [0.717, 1.165) is 19.4 Å². The van der Waals surface area contributed by atoms with Gasteiger partial charge in [-0.2, -0.15) is 4.98 Å². The lowest BCUT2D eigenvalue weighted by atomic mass is 9.93. The molecule has 7 nitrogen and oxygen atoms in total. The number of nitro groups is 1. The van der Waals surface area contributed by atoms with Gasteiger partial charge < -0.3 is 9.84 Å². The van der Waals surface area contributed by atoms with E-state index in [1.807, 2.05) is 0 Å². The molecule has 0 spiro atoms. The van der Waals surface area contributed by atoms with Crippen LogP contribution in [0.2, 0.25) is 0 Å². The van der Waals surface area contributed by atoms with Crippen LogP contribution in [0.5, 0.6) is 0 Å². The molecule has 1 aliphatic rings. The van der Waals surface area contributed by atoms with Crippen LogP contribution in [-0.4, -0.2) is 27.7 Å². The highest BCUT2D eigenvalue weighted by atomic mass is 16.6. The molecule has 1 saturated heterocycles. The zero-order valence-electron chi connectivity index (χ0n) is 11.7. The van der Waals surface area contributed by atoms with Crippen molar-refractivity contribution in [3.8, 4) is 11.4 Å². The van der Waals surface area contributed by atoms with E-state index in [-0.39, 0.29) is 11.6 Å². The molecule has 3 rings (SSSR count). The highest BCUT2D eigenvalue weighted by molar-refractivity contribution is 5.58. The average Bonchev–Trinajstić information content (AvgIpc) is 2.97. The third-order valence-electron chi connectivity index (χ3n) is 3.73. The first-order chi connectivity index (χ1) is 10.1. The number of nitrogens with one attached hydrogen (secondary N) is 1. The highest BCUT2D eigenvalue weighted by Crippen LogP contribution is 2.28. The van der Waals surface area contributed by atoms with Crippen LogP contribution in [0.25, 0.3) is 11.4 Å².